The predicted octanol–water partition coefficient (Wildman–Crippen LogP) is 4.64. The standard InChI is InChI=1S/C18H27NO4S/c1-6-18(3,4)11-8-9-12-13(10-11)24-15(14(12)16(20)22-5)19-17(21)23-7-2/h11H,6-10H2,1-5H3,(H,19,21). The van der Waals surface area contributed by atoms with Crippen LogP contribution < -0.4 is 5.32 Å². The van der Waals surface area contributed by atoms with Crippen molar-refractivity contribution in [2.24, 2.45) is 11.3 Å². The minimum Gasteiger partial charge on any atom is -0.465 e. The van der Waals surface area contributed by atoms with Crippen LogP contribution in [0.1, 0.15) is 61.3 Å². The number of hydrogen-bond donors (Lipinski definition) is 1. The third kappa shape index (κ3) is 3.74. The van der Waals surface area contributed by atoms with Crippen LogP contribution in [-0.2, 0) is 22.3 Å². The van der Waals surface area contributed by atoms with Crippen molar-refractivity contribution >= 4 is 28.4 Å². The molecule has 1 aromatic heterocycles. The topological polar surface area (TPSA) is 64.6 Å². The first-order chi connectivity index (χ1) is 11.3. The van der Waals surface area contributed by atoms with E-state index >= 15 is 0 Å². The van der Waals surface area contributed by atoms with E-state index in [2.05, 4.69) is 26.1 Å². The Balaban J connectivity index is 2.34. The number of nitrogens with one attached hydrogen (secondary N) is 1. The van der Waals surface area contributed by atoms with Gasteiger partial charge in [0.25, 0.3) is 0 Å². The van der Waals surface area contributed by atoms with Crippen LogP contribution in [0, 0.1) is 11.3 Å². The molecule has 0 aliphatic heterocycles. The molecule has 0 saturated heterocycles. The number of carbonyl (C=O) groups excluding carboxylic acids is 2. The van der Waals surface area contributed by atoms with Gasteiger partial charge >= 0.3 is 12.1 Å². The molecule has 0 fully saturated rings. The van der Waals surface area contributed by atoms with Gasteiger partial charge in [-0.1, -0.05) is 27.2 Å². The first-order valence-electron chi connectivity index (χ1n) is 8.50. The van der Waals surface area contributed by atoms with Crippen molar-refractivity contribution in [3.05, 3.63) is 16.0 Å². The number of rotatable bonds is 5. The van der Waals surface area contributed by atoms with Crippen LogP contribution in [0.2, 0.25) is 0 Å². The summed E-state index contributed by atoms with van der Waals surface area (Å²) in [5.74, 6) is 0.182. The first-order valence-corrected chi connectivity index (χ1v) is 9.32. The second kappa shape index (κ2) is 7.55. The molecule has 0 spiro atoms. The molecular formula is C18H27NO4S. The Kier molecular flexibility index (Phi) is 5.91. The smallest absolute Gasteiger partial charge is 0.412 e. The van der Waals surface area contributed by atoms with Crippen molar-refractivity contribution in [3.63, 3.8) is 0 Å². The highest BCUT2D eigenvalue weighted by Crippen LogP contribution is 2.45. The number of hydrogen-bond acceptors (Lipinski definition) is 5. The molecule has 24 heavy (non-hydrogen) atoms. The maximum Gasteiger partial charge on any atom is 0.412 e. The maximum absolute atomic E-state index is 12.2. The van der Waals surface area contributed by atoms with Gasteiger partial charge in [-0.25, -0.2) is 9.59 Å². The van der Waals surface area contributed by atoms with Crippen LogP contribution >= 0.6 is 11.3 Å². The summed E-state index contributed by atoms with van der Waals surface area (Å²) in [6.07, 6.45) is 3.42. The zero-order chi connectivity index (χ0) is 17.9. The second-order valence-electron chi connectivity index (χ2n) is 6.83. The minimum atomic E-state index is -0.535. The van der Waals surface area contributed by atoms with E-state index in [0.717, 1.165) is 31.2 Å². The molecule has 1 amide bonds. The van der Waals surface area contributed by atoms with Crippen molar-refractivity contribution in [3.8, 4) is 0 Å². The second-order valence-corrected chi connectivity index (χ2v) is 7.93. The Labute approximate surface area is 147 Å². The van der Waals surface area contributed by atoms with Gasteiger partial charge in [-0.15, -0.1) is 11.3 Å². The lowest BCUT2D eigenvalue weighted by Crippen LogP contribution is -2.28. The number of methoxy groups -OCH3 is 1. The number of carbonyl (C=O) groups is 2. The van der Waals surface area contributed by atoms with E-state index in [1.165, 1.54) is 23.3 Å². The lowest BCUT2D eigenvalue weighted by Gasteiger charge is -2.36. The van der Waals surface area contributed by atoms with Crippen LogP contribution in [-0.4, -0.2) is 25.8 Å². The summed E-state index contributed by atoms with van der Waals surface area (Å²) < 4.78 is 9.88. The van der Waals surface area contributed by atoms with Crippen molar-refractivity contribution in [1.82, 2.24) is 0 Å². The number of ether oxygens (including phenoxy) is 2. The van der Waals surface area contributed by atoms with E-state index in [1.807, 2.05) is 0 Å². The lowest BCUT2D eigenvalue weighted by atomic mass is 9.69. The van der Waals surface area contributed by atoms with E-state index in [4.69, 9.17) is 9.47 Å². The molecule has 134 valence electrons. The third-order valence-corrected chi connectivity index (χ3v) is 6.33. The van der Waals surface area contributed by atoms with E-state index in [1.54, 1.807) is 6.92 Å². The quantitative estimate of drug-likeness (QED) is 0.783. The number of thiophene rings is 1. The largest absolute Gasteiger partial charge is 0.465 e. The average Bonchev–Trinajstić information content (AvgIpc) is 2.91. The fraction of sp³-hybridized carbons (Fsp3) is 0.667. The summed E-state index contributed by atoms with van der Waals surface area (Å²) in [5, 5.41) is 3.25. The molecular weight excluding hydrogens is 326 g/mol. The third-order valence-electron chi connectivity index (χ3n) is 5.16. The lowest BCUT2D eigenvalue weighted by molar-refractivity contribution is 0.0600. The molecule has 0 bridgehead atoms. The fourth-order valence-corrected chi connectivity index (χ4v) is 4.51. The maximum atomic E-state index is 12.2. The number of amides is 1. The van der Waals surface area contributed by atoms with Gasteiger partial charge in [0.1, 0.15) is 5.00 Å². The molecule has 0 aromatic carbocycles. The Bertz CT molecular complexity index is 621. The molecule has 1 unspecified atom stereocenters. The SMILES string of the molecule is CCOC(=O)Nc1sc2c(c1C(=O)OC)CCC(C(C)(C)CC)C2. The zero-order valence-corrected chi connectivity index (χ0v) is 16.0. The van der Waals surface area contributed by atoms with Crippen LogP contribution in [0.3, 0.4) is 0 Å². The molecule has 1 aromatic rings. The van der Waals surface area contributed by atoms with Gasteiger partial charge < -0.3 is 9.47 Å². The fourth-order valence-electron chi connectivity index (χ4n) is 3.21. The normalized spacial score (nSPS) is 17.1. The van der Waals surface area contributed by atoms with E-state index in [0.29, 0.717) is 16.5 Å². The summed E-state index contributed by atoms with van der Waals surface area (Å²) in [6, 6.07) is 0. The van der Waals surface area contributed by atoms with E-state index < -0.39 is 12.1 Å². The average molecular weight is 353 g/mol. The molecule has 1 atom stereocenters. The van der Waals surface area contributed by atoms with Crippen LogP contribution in [0.4, 0.5) is 9.80 Å². The highest BCUT2D eigenvalue weighted by Gasteiger charge is 2.35. The molecule has 1 aliphatic carbocycles. The van der Waals surface area contributed by atoms with Gasteiger partial charge in [-0.3, -0.25) is 5.32 Å². The Morgan fingerprint density at radius 1 is 1.33 bits per heavy atom. The molecule has 1 aliphatic rings. The Morgan fingerprint density at radius 3 is 2.62 bits per heavy atom. The molecule has 5 nitrogen and oxygen atoms in total. The van der Waals surface area contributed by atoms with E-state index in [-0.39, 0.29) is 12.0 Å². The summed E-state index contributed by atoms with van der Waals surface area (Å²) in [7, 11) is 1.37. The monoisotopic (exact) mass is 353 g/mol. The van der Waals surface area contributed by atoms with Crippen molar-refractivity contribution in [2.75, 3.05) is 19.0 Å². The summed E-state index contributed by atoms with van der Waals surface area (Å²) in [6.45, 7) is 8.86. The van der Waals surface area contributed by atoms with Gasteiger partial charge in [0.05, 0.1) is 19.3 Å². The van der Waals surface area contributed by atoms with Gasteiger partial charge in [0, 0.05) is 4.88 Å². The number of anilines is 1. The summed E-state index contributed by atoms with van der Waals surface area (Å²) >= 11 is 1.48. The van der Waals surface area contributed by atoms with Gasteiger partial charge in [-0.05, 0) is 43.1 Å². The zero-order valence-electron chi connectivity index (χ0n) is 15.2. The Hall–Kier alpha value is -1.56. The minimum absolute atomic E-state index is 0.266. The summed E-state index contributed by atoms with van der Waals surface area (Å²) in [5.41, 5.74) is 1.79. The van der Waals surface area contributed by atoms with Crippen molar-refractivity contribution in [2.45, 2.75) is 53.4 Å². The Morgan fingerprint density at radius 2 is 2.04 bits per heavy atom. The van der Waals surface area contributed by atoms with Crippen molar-refractivity contribution < 1.29 is 19.1 Å². The highest BCUT2D eigenvalue weighted by molar-refractivity contribution is 7.17. The number of esters is 1. The van der Waals surface area contributed by atoms with Crippen LogP contribution in [0.5, 0.6) is 0 Å². The molecule has 2 rings (SSSR count). The van der Waals surface area contributed by atoms with Crippen LogP contribution in [0.15, 0.2) is 0 Å². The highest BCUT2D eigenvalue weighted by atomic mass is 32.1. The molecule has 0 saturated carbocycles. The molecule has 1 heterocycles. The van der Waals surface area contributed by atoms with Crippen LogP contribution in [0.25, 0.3) is 0 Å². The predicted molar refractivity (Wildman–Crippen MR) is 95.9 cm³/mol. The molecule has 0 radical (unpaired) electrons. The number of fused-ring (bicyclic) bond motifs is 1. The first kappa shape index (κ1) is 18.8. The molecule has 6 heteroatoms. The van der Waals surface area contributed by atoms with Gasteiger partial charge in [-0.2, -0.15) is 0 Å². The van der Waals surface area contributed by atoms with Gasteiger partial charge in [0.15, 0.2) is 0 Å². The summed E-state index contributed by atoms with van der Waals surface area (Å²) in [4.78, 5) is 25.2. The van der Waals surface area contributed by atoms with E-state index in [9.17, 15) is 9.59 Å². The molecule has 1 N–H and O–H groups in total. The van der Waals surface area contributed by atoms with Gasteiger partial charge in [0.2, 0.25) is 0 Å². The van der Waals surface area contributed by atoms with Crippen molar-refractivity contribution in [1.29, 1.82) is 0 Å².